The third-order valence-electron chi connectivity index (χ3n) is 3.17. The number of halogens is 1. The zero-order valence-corrected chi connectivity index (χ0v) is 13.3. The van der Waals surface area contributed by atoms with Crippen LogP contribution >= 0.6 is 15.9 Å². The van der Waals surface area contributed by atoms with E-state index in [1.807, 2.05) is 19.9 Å². The second-order valence-corrected chi connectivity index (χ2v) is 5.79. The maximum Gasteiger partial charge on any atom is 0.255 e. The summed E-state index contributed by atoms with van der Waals surface area (Å²) in [6.45, 7) is 3.66. The monoisotopic (exact) mass is 349 g/mol. The van der Waals surface area contributed by atoms with Gasteiger partial charge in [0, 0.05) is 0 Å². The van der Waals surface area contributed by atoms with Crippen LogP contribution in [0.1, 0.15) is 34.5 Å². The highest BCUT2D eigenvalue weighted by molar-refractivity contribution is 9.10. The summed E-state index contributed by atoms with van der Waals surface area (Å²) in [6, 6.07) is 9.78. The summed E-state index contributed by atoms with van der Waals surface area (Å²) in [4.78, 5) is 12.3. The lowest BCUT2D eigenvalue weighted by atomic mass is 10.1. The fourth-order valence-electron chi connectivity index (χ4n) is 2.06. The van der Waals surface area contributed by atoms with E-state index in [1.54, 1.807) is 30.3 Å². The van der Waals surface area contributed by atoms with Gasteiger partial charge in [-0.3, -0.25) is 4.79 Å². The number of carbonyl (C=O) groups is 1. The number of rotatable bonds is 3. The average molecular weight is 350 g/mol. The highest BCUT2D eigenvalue weighted by Crippen LogP contribution is 2.29. The molecule has 0 aromatic heterocycles. The SMILES string of the molecule is Cc1cc(Br)c(O)c(C(=O)NC(C)c2cccc(O)c2)c1. The fraction of sp³-hybridized carbons (Fsp3) is 0.188. The van der Waals surface area contributed by atoms with Gasteiger partial charge in [0.25, 0.3) is 5.91 Å². The summed E-state index contributed by atoms with van der Waals surface area (Å²) in [5, 5.41) is 22.2. The lowest BCUT2D eigenvalue weighted by Gasteiger charge is -2.16. The Morgan fingerprint density at radius 1 is 1.24 bits per heavy atom. The van der Waals surface area contributed by atoms with E-state index in [1.165, 1.54) is 0 Å². The maximum absolute atomic E-state index is 12.3. The van der Waals surface area contributed by atoms with Gasteiger partial charge in [-0.05, 0) is 65.2 Å². The van der Waals surface area contributed by atoms with Crippen LogP contribution in [0.2, 0.25) is 0 Å². The molecule has 0 aliphatic heterocycles. The van der Waals surface area contributed by atoms with Crippen molar-refractivity contribution < 1.29 is 15.0 Å². The molecule has 21 heavy (non-hydrogen) atoms. The standard InChI is InChI=1S/C16H16BrNO3/c1-9-6-13(15(20)14(17)7-9)16(21)18-10(2)11-4-3-5-12(19)8-11/h3-8,10,19-20H,1-2H3,(H,18,21). The van der Waals surface area contributed by atoms with Crippen LogP contribution in [0.25, 0.3) is 0 Å². The van der Waals surface area contributed by atoms with Crippen molar-refractivity contribution in [2.75, 3.05) is 0 Å². The van der Waals surface area contributed by atoms with E-state index in [4.69, 9.17) is 0 Å². The van der Waals surface area contributed by atoms with Gasteiger partial charge in [-0.25, -0.2) is 0 Å². The summed E-state index contributed by atoms with van der Waals surface area (Å²) >= 11 is 3.22. The minimum absolute atomic E-state index is 0.0822. The fourth-order valence-corrected chi connectivity index (χ4v) is 2.63. The van der Waals surface area contributed by atoms with Gasteiger partial charge in [0.15, 0.2) is 0 Å². The molecule has 3 N–H and O–H groups in total. The Morgan fingerprint density at radius 3 is 2.62 bits per heavy atom. The van der Waals surface area contributed by atoms with Crippen molar-refractivity contribution >= 4 is 21.8 Å². The first-order valence-corrected chi connectivity index (χ1v) is 7.26. The Kier molecular flexibility index (Phi) is 4.53. The van der Waals surface area contributed by atoms with Crippen LogP contribution in [0.5, 0.6) is 11.5 Å². The molecule has 0 saturated carbocycles. The van der Waals surface area contributed by atoms with E-state index < -0.39 is 0 Å². The van der Waals surface area contributed by atoms with Gasteiger partial charge in [-0.1, -0.05) is 12.1 Å². The molecule has 0 spiro atoms. The molecular formula is C16H16BrNO3. The molecular weight excluding hydrogens is 334 g/mol. The Balaban J connectivity index is 2.22. The Morgan fingerprint density at radius 2 is 1.95 bits per heavy atom. The molecule has 0 aliphatic rings. The predicted molar refractivity (Wildman–Crippen MR) is 84.5 cm³/mol. The first kappa shape index (κ1) is 15.4. The summed E-state index contributed by atoms with van der Waals surface area (Å²) in [7, 11) is 0. The van der Waals surface area contributed by atoms with Crippen molar-refractivity contribution in [1.82, 2.24) is 5.32 Å². The molecule has 1 amide bonds. The number of phenolic OH excluding ortho intramolecular Hbond substituents is 2. The first-order chi connectivity index (χ1) is 9.88. The van der Waals surface area contributed by atoms with E-state index in [9.17, 15) is 15.0 Å². The molecule has 0 saturated heterocycles. The van der Waals surface area contributed by atoms with Gasteiger partial charge in [0.2, 0.25) is 0 Å². The maximum atomic E-state index is 12.3. The Bertz CT molecular complexity index is 685. The number of carbonyl (C=O) groups excluding carboxylic acids is 1. The number of aryl methyl sites for hydroxylation is 1. The van der Waals surface area contributed by atoms with Crippen LogP contribution in [0.4, 0.5) is 0 Å². The lowest BCUT2D eigenvalue weighted by molar-refractivity contribution is 0.0937. The van der Waals surface area contributed by atoms with E-state index in [2.05, 4.69) is 21.2 Å². The summed E-state index contributed by atoms with van der Waals surface area (Å²) < 4.78 is 0.484. The molecule has 0 heterocycles. The van der Waals surface area contributed by atoms with Gasteiger partial charge < -0.3 is 15.5 Å². The number of phenols is 2. The third kappa shape index (κ3) is 3.55. The highest BCUT2D eigenvalue weighted by Gasteiger charge is 2.17. The minimum Gasteiger partial charge on any atom is -0.508 e. The molecule has 0 bridgehead atoms. The molecule has 1 unspecified atom stereocenters. The van der Waals surface area contributed by atoms with Crippen molar-refractivity contribution in [3.8, 4) is 11.5 Å². The molecule has 2 aromatic carbocycles. The van der Waals surface area contributed by atoms with Crippen molar-refractivity contribution in [2.45, 2.75) is 19.9 Å². The van der Waals surface area contributed by atoms with E-state index >= 15 is 0 Å². The smallest absolute Gasteiger partial charge is 0.255 e. The molecule has 5 heteroatoms. The minimum atomic E-state index is -0.368. The predicted octanol–water partition coefficient (Wildman–Crippen LogP) is 3.66. The third-order valence-corrected chi connectivity index (χ3v) is 3.77. The molecule has 0 radical (unpaired) electrons. The van der Waals surface area contributed by atoms with Gasteiger partial charge in [-0.15, -0.1) is 0 Å². The van der Waals surface area contributed by atoms with Crippen LogP contribution in [0, 0.1) is 6.92 Å². The second-order valence-electron chi connectivity index (χ2n) is 4.93. The van der Waals surface area contributed by atoms with Crippen molar-refractivity contribution in [2.24, 2.45) is 0 Å². The topological polar surface area (TPSA) is 69.6 Å². The van der Waals surface area contributed by atoms with E-state index in [0.29, 0.717) is 4.47 Å². The van der Waals surface area contributed by atoms with Gasteiger partial charge in [0.05, 0.1) is 16.1 Å². The summed E-state index contributed by atoms with van der Waals surface area (Å²) in [6.07, 6.45) is 0. The number of amides is 1. The van der Waals surface area contributed by atoms with Crippen LogP contribution < -0.4 is 5.32 Å². The Labute approximate surface area is 131 Å². The zero-order valence-electron chi connectivity index (χ0n) is 11.7. The highest BCUT2D eigenvalue weighted by atomic mass is 79.9. The van der Waals surface area contributed by atoms with E-state index in [0.717, 1.165) is 11.1 Å². The molecule has 1 atom stereocenters. The molecule has 4 nitrogen and oxygen atoms in total. The van der Waals surface area contributed by atoms with Gasteiger partial charge in [0.1, 0.15) is 11.5 Å². The molecule has 0 aliphatic carbocycles. The number of hydrogen-bond donors (Lipinski definition) is 3. The van der Waals surface area contributed by atoms with Crippen LogP contribution in [-0.2, 0) is 0 Å². The molecule has 110 valence electrons. The normalized spacial score (nSPS) is 12.0. The quantitative estimate of drug-likeness (QED) is 0.791. The zero-order chi connectivity index (χ0) is 15.6. The first-order valence-electron chi connectivity index (χ1n) is 6.47. The average Bonchev–Trinajstić information content (AvgIpc) is 2.42. The molecule has 2 aromatic rings. The van der Waals surface area contributed by atoms with Crippen LogP contribution in [0.15, 0.2) is 40.9 Å². The second kappa shape index (κ2) is 6.18. The van der Waals surface area contributed by atoms with Crippen LogP contribution in [0.3, 0.4) is 0 Å². The molecule has 0 fully saturated rings. The van der Waals surface area contributed by atoms with Crippen molar-refractivity contribution in [3.63, 3.8) is 0 Å². The summed E-state index contributed by atoms with van der Waals surface area (Å²) in [5.74, 6) is -0.302. The van der Waals surface area contributed by atoms with Crippen molar-refractivity contribution in [3.05, 3.63) is 57.6 Å². The van der Waals surface area contributed by atoms with Gasteiger partial charge in [-0.2, -0.15) is 0 Å². The van der Waals surface area contributed by atoms with Gasteiger partial charge >= 0.3 is 0 Å². The Hall–Kier alpha value is -2.01. The van der Waals surface area contributed by atoms with Crippen molar-refractivity contribution in [1.29, 1.82) is 0 Å². The number of hydrogen-bond acceptors (Lipinski definition) is 3. The number of benzene rings is 2. The lowest BCUT2D eigenvalue weighted by Crippen LogP contribution is -2.26. The summed E-state index contributed by atoms with van der Waals surface area (Å²) in [5.41, 5.74) is 1.87. The number of aromatic hydroxyl groups is 2. The van der Waals surface area contributed by atoms with Crippen LogP contribution in [-0.4, -0.2) is 16.1 Å². The molecule has 2 rings (SSSR count). The van der Waals surface area contributed by atoms with E-state index in [-0.39, 0.29) is 29.0 Å². The largest absolute Gasteiger partial charge is 0.508 e. The number of nitrogens with one attached hydrogen (secondary N) is 1.